The number of methoxy groups -OCH3 is 1. The van der Waals surface area contributed by atoms with Gasteiger partial charge in [-0.25, -0.2) is 10.2 Å². The first-order valence-electron chi connectivity index (χ1n) is 9.42. The van der Waals surface area contributed by atoms with Crippen molar-refractivity contribution in [3.05, 3.63) is 77.2 Å². The Bertz CT molecular complexity index is 1070. The summed E-state index contributed by atoms with van der Waals surface area (Å²) in [7, 11) is 1.45. The van der Waals surface area contributed by atoms with E-state index in [1.54, 1.807) is 24.3 Å². The van der Waals surface area contributed by atoms with Crippen molar-refractivity contribution in [2.75, 3.05) is 13.7 Å². The lowest BCUT2D eigenvalue weighted by molar-refractivity contribution is -0.123. The third kappa shape index (κ3) is 5.72. The minimum atomic E-state index is -0.638. The Morgan fingerprint density at radius 3 is 2.52 bits per heavy atom. The predicted molar refractivity (Wildman–Crippen MR) is 114 cm³/mol. The number of nitrogens with zero attached hydrogens (tertiary/aromatic N) is 1. The Balaban J connectivity index is 1.56. The van der Waals surface area contributed by atoms with E-state index in [-0.39, 0.29) is 18.1 Å². The van der Waals surface area contributed by atoms with Gasteiger partial charge in [0.05, 0.1) is 19.6 Å². The number of benzene rings is 2. The molecule has 1 N–H and O–H groups in total. The summed E-state index contributed by atoms with van der Waals surface area (Å²) in [4.78, 5) is 24.0. The minimum absolute atomic E-state index is 0.0820. The topological polar surface area (TPSA) is 99.4 Å². The molecule has 0 fully saturated rings. The molecular weight excluding hydrogens is 400 g/mol. The van der Waals surface area contributed by atoms with Gasteiger partial charge < -0.3 is 18.6 Å². The summed E-state index contributed by atoms with van der Waals surface area (Å²) in [5, 5.41) is 3.92. The molecule has 160 valence electrons. The van der Waals surface area contributed by atoms with E-state index >= 15 is 0 Å². The third-order valence-electron chi connectivity index (χ3n) is 4.27. The van der Waals surface area contributed by atoms with Crippen LogP contribution in [0.4, 0.5) is 0 Å². The first-order valence-corrected chi connectivity index (χ1v) is 9.42. The van der Waals surface area contributed by atoms with Crippen LogP contribution in [0.25, 0.3) is 0 Å². The maximum atomic E-state index is 12.0. The second kappa shape index (κ2) is 10.1. The van der Waals surface area contributed by atoms with E-state index in [1.807, 2.05) is 32.0 Å². The average molecular weight is 422 g/mol. The molecule has 1 aromatic heterocycles. The SMILES string of the molecule is COc1cc(C=NNC(=O)COc2c(C)cccc2C)ccc1OC(=O)c1ccco1. The standard InChI is InChI=1S/C23H22N2O6/c1-15-6-4-7-16(2)22(15)30-14-21(26)25-24-13-17-9-10-18(20(12-17)28-3)31-23(27)19-8-5-11-29-19/h4-13H,14H2,1-3H3,(H,25,26). The van der Waals surface area contributed by atoms with Crippen LogP contribution in [0.3, 0.4) is 0 Å². The Kier molecular flexibility index (Phi) is 7.05. The van der Waals surface area contributed by atoms with Crippen molar-refractivity contribution in [3.63, 3.8) is 0 Å². The lowest BCUT2D eigenvalue weighted by atomic mass is 10.1. The van der Waals surface area contributed by atoms with Gasteiger partial charge in [0.1, 0.15) is 5.75 Å². The Morgan fingerprint density at radius 2 is 1.84 bits per heavy atom. The third-order valence-corrected chi connectivity index (χ3v) is 4.27. The summed E-state index contributed by atoms with van der Waals surface area (Å²) in [6, 6.07) is 13.7. The maximum absolute atomic E-state index is 12.0. The number of furan rings is 1. The van der Waals surface area contributed by atoms with Crippen molar-refractivity contribution in [3.8, 4) is 17.2 Å². The molecule has 0 atom stereocenters. The molecule has 0 saturated heterocycles. The summed E-state index contributed by atoms with van der Waals surface area (Å²) < 4.78 is 21.2. The molecule has 0 bridgehead atoms. The molecule has 0 aliphatic rings. The van der Waals surface area contributed by atoms with Crippen LogP contribution in [0, 0.1) is 13.8 Å². The van der Waals surface area contributed by atoms with Crippen molar-refractivity contribution in [1.29, 1.82) is 0 Å². The number of carbonyl (C=O) groups is 2. The van der Waals surface area contributed by atoms with Crippen LogP contribution in [-0.4, -0.2) is 31.8 Å². The molecule has 0 spiro atoms. The molecule has 0 unspecified atom stereocenters. The smallest absolute Gasteiger partial charge is 0.379 e. The van der Waals surface area contributed by atoms with Gasteiger partial charge in [-0.3, -0.25) is 4.79 Å². The lowest BCUT2D eigenvalue weighted by Crippen LogP contribution is -2.25. The number of ether oxygens (including phenoxy) is 3. The fourth-order valence-electron chi connectivity index (χ4n) is 2.77. The molecule has 8 nitrogen and oxygen atoms in total. The minimum Gasteiger partial charge on any atom is -0.493 e. The van der Waals surface area contributed by atoms with E-state index in [2.05, 4.69) is 10.5 Å². The number of hydrazone groups is 1. The van der Waals surface area contributed by atoms with Crippen LogP contribution in [0.5, 0.6) is 17.2 Å². The summed E-state index contributed by atoms with van der Waals surface area (Å²) in [6.45, 7) is 3.68. The van der Waals surface area contributed by atoms with Crippen LogP contribution in [0.1, 0.15) is 27.2 Å². The number of rotatable bonds is 8. The van der Waals surface area contributed by atoms with Crippen molar-refractivity contribution < 1.29 is 28.2 Å². The Hall–Kier alpha value is -4.07. The highest BCUT2D eigenvalue weighted by Crippen LogP contribution is 2.28. The van der Waals surface area contributed by atoms with Gasteiger partial charge in [0.25, 0.3) is 5.91 Å². The van der Waals surface area contributed by atoms with Gasteiger partial charge in [0.15, 0.2) is 18.1 Å². The summed E-state index contributed by atoms with van der Waals surface area (Å²) >= 11 is 0. The summed E-state index contributed by atoms with van der Waals surface area (Å²) in [5.74, 6) is 0.293. The fourth-order valence-corrected chi connectivity index (χ4v) is 2.77. The van der Waals surface area contributed by atoms with E-state index in [0.29, 0.717) is 17.1 Å². The number of para-hydroxylation sites is 1. The Morgan fingerprint density at radius 1 is 1.06 bits per heavy atom. The maximum Gasteiger partial charge on any atom is 0.379 e. The molecular formula is C23H22N2O6. The molecule has 2 aromatic carbocycles. The van der Waals surface area contributed by atoms with Gasteiger partial charge in [0.2, 0.25) is 5.76 Å². The van der Waals surface area contributed by atoms with Crippen LogP contribution < -0.4 is 19.6 Å². The van der Waals surface area contributed by atoms with Crippen molar-refractivity contribution in [1.82, 2.24) is 5.43 Å². The van der Waals surface area contributed by atoms with Crippen LogP contribution in [0.2, 0.25) is 0 Å². The molecule has 3 rings (SSSR count). The zero-order valence-electron chi connectivity index (χ0n) is 17.4. The van der Waals surface area contributed by atoms with Crippen molar-refractivity contribution in [2.24, 2.45) is 5.10 Å². The highest BCUT2D eigenvalue weighted by Gasteiger charge is 2.15. The first-order chi connectivity index (χ1) is 15.0. The predicted octanol–water partition coefficient (Wildman–Crippen LogP) is 3.65. The zero-order valence-corrected chi connectivity index (χ0v) is 17.4. The lowest BCUT2D eigenvalue weighted by Gasteiger charge is -2.10. The molecule has 3 aromatic rings. The van der Waals surface area contributed by atoms with E-state index in [1.165, 1.54) is 25.7 Å². The monoisotopic (exact) mass is 422 g/mol. The molecule has 0 aliphatic heterocycles. The number of nitrogens with one attached hydrogen (secondary N) is 1. The van der Waals surface area contributed by atoms with E-state index in [9.17, 15) is 9.59 Å². The molecule has 0 radical (unpaired) electrons. The average Bonchev–Trinajstić information content (AvgIpc) is 3.29. The summed E-state index contributed by atoms with van der Waals surface area (Å²) in [5.41, 5.74) is 4.95. The quantitative estimate of drug-likeness (QED) is 0.257. The van der Waals surface area contributed by atoms with Crippen LogP contribution >= 0.6 is 0 Å². The molecule has 1 heterocycles. The fraction of sp³-hybridized carbons (Fsp3) is 0.174. The molecule has 8 heteroatoms. The largest absolute Gasteiger partial charge is 0.493 e. The van der Waals surface area contributed by atoms with Crippen molar-refractivity contribution >= 4 is 18.1 Å². The molecule has 31 heavy (non-hydrogen) atoms. The van der Waals surface area contributed by atoms with Gasteiger partial charge in [0, 0.05) is 0 Å². The second-order valence-corrected chi connectivity index (χ2v) is 6.58. The van der Waals surface area contributed by atoms with Gasteiger partial charge in [-0.1, -0.05) is 18.2 Å². The highest BCUT2D eigenvalue weighted by molar-refractivity contribution is 5.89. The van der Waals surface area contributed by atoms with E-state index < -0.39 is 11.9 Å². The van der Waals surface area contributed by atoms with Gasteiger partial charge in [-0.2, -0.15) is 5.10 Å². The Labute approximate surface area is 179 Å². The number of carbonyl (C=O) groups excluding carboxylic acids is 2. The first kappa shape index (κ1) is 21.6. The van der Waals surface area contributed by atoms with Gasteiger partial charge >= 0.3 is 5.97 Å². The highest BCUT2D eigenvalue weighted by atomic mass is 16.6. The second-order valence-electron chi connectivity index (χ2n) is 6.58. The molecule has 0 aliphatic carbocycles. The van der Waals surface area contributed by atoms with Gasteiger partial charge in [-0.05, 0) is 60.9 Å². The van der Waals surface area contributed by atoms with E-state index in [4.69, 9.17) is 18.6 Å². The van der Waals surface area contributed by atoms with Crippen LogP contribution in [-0.2, 0) is 4.79 Å². The van der Waals surface area contributed by atoms with Crippen molar-refractivity contribution in [2.45, 2.75) is 13.8 Å². The normalized spacial score (nSPS) is 10.7. The molecule has 0 saturated carbocycles. The molecule has 1 amide bonds. The summed E-state index contributed by atoms with van der Waals surface area (Å²) in [6.07, 6.45) is 2.83. The van der Waals surface area contributed by atoms with Crippen LogP contribution in [0.15, 0.2) is 64.3 Å². The zero-order chi connectivity index (χ0) is 22.2. The van der Waals surface area contributed by atoms with Gasteiger partial charge in [-0.15, -0.1) is 0 Å². The number of amides is 1. The number of aryl methyl sites for hydroxylation is 2. The number of esters is 1. The van der Waals surface area contributed by atoms with E-state index in [0.717, 1.165) is 11.1 Å². The number of hydrogen-bond donors (Lipinski definition) is 1. The number of hydrogen-bond acceptors (Lipinski definition) is 7.